The quantitative estimate of drug-likeness (QED) is 0.794. The maximum absolute atomic E-state index is 5.84. The van der Waals surface area contributed by atoms with Gasteiger partial charge in [0.2, 0.25) is 0 Å². The lowest BCUT2D eigenvalue weighted by Crippen LogP contribution is -1.86. The first-order valence-corrected chi connectivity index (χ1v) is 6.57. The summed E-state index contributed by atoms with van der Waals surface area (Å²) in [5.41, 5.74) is 0. The van der Waals surface area contributed by atoms with E-state index >= 15 is 0 Å². The molecule has 0 saturated heterocycles. The topological polar surface area (TPSA) is 51.6 Å². The maximum Gasteiger partial charge on any atom is 0.176 e. The minimum absolute atomic E-state index is 0.397. The molecule has 0 radical (unpaired) electrons. The van der Waals surface area contributed by atoms with Gasteiger partial charge in [0, 0.05) is 0 Å². The van der Waals surface area contributed by atoms with Crippen molar-refractivity contribution in [3.8, 4) is 0 Å². The summed E-state index contributed by atoms with van der Waals surface area (Å²) in [4.78, 5) is 12.2. The summed E-state index contributed by atoms with van der Waals surface area (Å²) in [5, 5.41) is 1.14. The summed E-state index contributed by atoms with van der Waals surface area (Å²) in [7, 11) is 0. The summed E-state index contributed by atoms with van der Waals surface area (Å²) in [6.07, 6.45) is 1.42. The lowest BCUT2D eigenvalue weighted by molar-refractivity contribution is 1.02. The minimum Gasteiger partial charge on any atom is -0.228 e. The predicted octanol–water partition coefficient (Wildman–Crippen LogP) is 3.20. The average Bonchev–Trinajstić information content (AvgIpc) is 2.59. The van der Waals surface area contributed by atoms with E-state index in [-0.39, 0.29) is 0 Å². The van der Waals surface area contributed by atoms with Gasteiger partial charge in [-0.25, -0.2) is 15.0 Å². The molecule has 2 heterocycles. The van der Waals surface area contributed by atoms with Gasteiger partial charge in [0.15, 0.2) is 4.34 Å². The number of rotatable bonds is 2. The van der Waals surface area contributed by atoms with E-state index in [4.69, 9.17) is 11.6 Å². The second-order valence-electron chi connectivity index (χ2n) is 2.49. The van der Waals surface area contributed by atoms with E-state index in [1.165, 1.54) is 29.6 Å². The second kappa shape index (κ2) is 4.73. The van der Waals surface area contributed by atoms with Gasteiger partial charge in [-0.05, 0) is 46.1 Å². The van der Waals surface area contributed by atoms with Crippen LogP contribution in [0.15, 0.2) is 20.2 Å². The fourth-order valence-corrected chi connectivity index (χ4v) is 2.99. The molecule has 0 unspecified atom stereocenters. The fraction of sp³-hybridized carbons (Fsp3) is 0.143. The Hall–Kier alpha value is -0.240. The van der Waals surface area contributed by atoms with Crippen molar-refractivity contribution in [1.82, 2.24) is 19.3 Å². The van der Waals surface area contributed by atoms with Crippen molar-refractivity contribution in [2.24, 2.45) is 0 Å². The molecule has 0 atom stereocenters. The van der Waals surface area contributed by atoms with Crippen LogP contribution in [0.2, 0.25) is 5.15 Å². The molecule has 0 bridgehead atoms. The molecule has 78 valence electrons. The largest absolute Gasteiger partial charge is 0.228 e. The van der Waals surface area contributed by atoms with E-state index in [0.29, 0.717) is 9.63 Å². The smallest absolute Gasteiger partial charge is 0.176 e. The van der Waals surface area contributed by atoms with Crippen LogP contribution in [-0.4, -0.2) is 19.3 Å². The minimum atomic E-state index is 0.397. The fourth-order valence-electron chi connectivity index (χ4n) is 0.807. The summed E-state index contributed by atoms with van der Waals surface area (Å²) in [6, 6.07) is 0. The Morgan fingerprint density at radius 1 is 1.47 bits per heavy atom. The average molecular weight is 324 g/mol. The highest BCUT2D eigenvalue weighted by atomic mass is 79.9. The normalized spacial score (nSPS) is 10.6. The van der Waals surface area contributed by atoms with E-state index in [0.717, 1.165) is 15.2 Å². The molecule has 15 heavy (non-hydrogen) atoms. The van der Waals surface area contributed by atoms with E-state index in [1.54, 1.807) is 0 Å². The van der Waals surface area contributed by atoms with E-state index < -0.39 is 0 Å². The third-order valence-electron chi connectivity index (χ3n) is 1.41. The number of aromatic nitrogens is 4. The molecule has 0 fully saturated rings. The van der Waals surface area contributed by atoms with Crippen LogP contribution in [0.4, 0.5) is 0 Å². The zero-order valence-corrected chi connectivity index (χ0v) is 11.4. The Bertz CT molecular complexity index is 490. The van der Waals surface area contributed by atoms with Crippen LogP contribution in [0.5, 0.6) is 0 Å². The van der Waals surface area contributed by atoms with Crippen LogP contribution in [0.1, 0.15) is 5.82 Å². The highest BCUT2D eigenvalue weighted by Gasteiger charge is 2.10. The lowest BCUT2D eigenvalue weighted by Gasteiger charge is -1.99. The van der Waals surface area contributed by atoms with Gasteiger partial charge >= 0.3 is 0 Å². The Labute approximate surface area is 108 Å². The molecule has 0 aliphatic rings. The molecule has 0 N–H and O–H groups in total. The number of aryl methyl sites for hydroxylation is 1. The van der Waals surface area contributed by atoms with Crippen LogP contribution < -0.4 is 0 Å². The van der Waals surface area contributed by atoms with Gasteiger partial charge in [0.1, 0.15) is 22.3 Å². The molecule has 0 amide bonds. The lowest BCUT2D eigenvalue weighted by atomic mass is 10.7. The molecule has 0 aliphatic carbocycles. The number of nitrogens with zero attached hydrogens (tertiary/aromatic N) is 4. The molecule has 0 saturated carbocycles. The SMILES string of the molecule is Cc1nsc(Sc2ncnc(Cl)c2Br)n1. The third-order valence-corrected chi connectivity index (χ3v) is 4.78. The van der Waals surface area contributed by atoms with Gasteiger partial charge in [0.05, 0.1) is 4.47 Å². The third kappa shape index (κ3) is 2.66. The van der Waals surface area contributed by atoms with Crippen molar-refractivity contribution < 1.29 is 0 Å². The van der Waals surface area contributed by atoms with Crippen molar-refractivity contribution in [3.63, 3.8) is 0 Å². The Kier molecular flexibility index (Phi) is 3.55. The maximum atomic E-state index is 5.84. The molecule has 8 heteroatoms. The zero-order chi connectivity index (χ0) is 10.8. The van der Waals surface area contributed by atoms with Gasteiger partial charge in [0.25, 0.3) is 0 Å². The summed E-state index contributed by atoms with van der Waals surface area (Å²) < 4.78 is 5.60. The molecule has 2 rings (SSSR count). The van der Waals surface area contributed by atoms with Gasteiger partial charge in [-0.3, -0.25) is 0 Å². The van der Waals surface area contributed by atoms with Crippen molar-refractivity contribution in [2.45, 2.75) is 16.3 Å². The van der Waals surface area contributed by atoms with Gasteiger partial charge in [-0.2, -0.15) is 4.37 Å². The van der Waals surface area contributed by atoms with Crippen LogP contribution in [0.25, 0.3) is 0 Å². The van der Waals surface area contributed by atoms with Gasteiger partial charge in [-0.1, -0.05) is 11.6 Å². The van der Waals surface area contributed by atoms with Crippen molar-refractivity contribution in [2.75, 3.05) is 0 Å². The molecular weight excluding hydrogens is 320 g/mol. The first kappa shape index (κ1) is 11.3. The highest BCUT2D eigenvalue weighted by molar-refractivity contribution is 9.10. The molecular formula is C7H4BrClN4S2. The van der Waals surface area contributed by atoms with Crippen LogP contribution in [-0.2, 0) is 0 Å². The summed E-state index contributed by atoms with van der Waals surface area (Å²) in [6.45, 7) is 1.85. The number of hydrogen-bond donors (Lipinski definition) is 0. The first-order valence-electron chi connectivity index (χ1n) is 3.81. The number of hydrogen-bond acceptors (Lipinski definition) is 6. The molecule has 0 aromatic carbocycles. The monoisotopic (exact) mass is 322 g/mol. The second-order valence-corrected chi connectivity index (χ2v) is 5.63. The van der Waals surface area contributed by atoms with Crippen LogP contribution in [0.3, 0.4) is 0 Å². The number of halogens is 2. The molecule has 0 aliphatic heterocycles. The Balaban J connectivity index is 2.28. The zero-order valence-electron chi connectivity index (χ0n) is 7.44. The standard InChI is InChI=1S/C7H4BrClN4S2/c1-3-12-7(15-13-3)14-6-4(8)5(9)10-2-11-6/h2H,1H3. The molecule has 2 aromatic heterocycles. The van der Waals surface area contributed by atoms with Crippen molar-refractivity contribution in [3.05, 3.63) is 21.8 Å². The van der Waals surface area contributed by atoms with E-state index in [2.05, 4.69) is 35.3 Å². The van der Waals surface area contributed by atoms with Crippen molar-refractivity contribution >= 4 is 50.8 Å². The van der Waals surface area contributed by atoms with Gasteiger partial charge < -0.3 is 0 Å². The molecule has 0 spiro atoms. The summed E-state index contributed by atoms with van der Waals surface area (Å²) in [5.74, 6) is 0.763. The van der Waals surface area contributed by atoms with Crippen LogP contribution >= 0.6 is 50.8 Å². The Morgan fingerprint density at radius 3 is 2.93 bits per heavy atom. The molecule has 4 nitrogen and oxygen atoms in total. The van der Waals surface area contributed by atoms with E-state index in [9.17, 15) is 0 Å². The predicted molar refractivity (Wildman–Crippen MR) is 63.5 cm³/mol. The van der Waals surface area contributed by atoms with Gasteiger partial charge in [-0.15, -0.1) is 0 Å². The Morgan fingerprint density at radius 2 is 2.27 bits per heavy atom. The highest BCUT2D eigenvalue weighted by Crippen LogP contribution is 2.34. The van der Waals surface area contributed by atoms with E-state index in [1.807, 2.05) is 6.92 Å². The first-order chi connectivity index (χ1) is 7.16. The summed E-state index contributed by atoms with van der Waals surface area (Å²) >= 11 is 11.9. The molecule has 2 aromatic rings. The van der Waals surface area contributed by atoms with Crippen molar-refractivity contribution in [1.29, 1.82) is 0 Å². The van der Waals surface area contributed by atoms with Crippen LogP contribution in [0, 0.1) is 6.92 Å².